The molecule has 4 rings (SSSR count). The third-order valence-corrected chi connectivity index (χ3v) is 7.19. The Morgan fingerprint density at radius 3 is 2.94 bits per heavy atom. The number of fused-ring (bicyclic) bond motifs is 2. The van der Waals surface area contributed by atoms with Crippen molar-refractivity contribution in [2.45, 2.75) is 38.9 Å². The molecule has 0 aliphatic carbocycles. The minimum Gasteiger partial charge on any atom is -0.454 e. The predicted molar refractivity (Wildman–Crippen MR) is 126 cm³/mol. The SMILES string of the molecule is CCOCCCn1c(SCC(=O)Nc2ccc3c(c2)OCO3)nc2sc(C)c(C)c2c1=O. The molecule has 2 aromatic heterocycles. The largest absolute Gasteiger partial charge is 0.454 e. The summed E-state index contributed by atoms with van der Waals surface area (Å²) in [6, 6.07) is 5.26. The molecule has 0 saturated heterocycles. The van der Waals surface area contributed by atoms with E-state index < -0.39 is 0 Å². The van der Waals surface area contributed by atoms with Gasteiger partial charge in [0.15, 0.2) is 16.7 Å². The van der Waals surface area contributed by atoms with Gasteiger partial charge in [-0.25, -0.2) is 4.98 Å². The number of carbonyl (C=O) groups excluding carboxylic acids is 1. The molecular weight excluding hydrogens is 450 g/mol. The van der Waals surface area contributed by atoms with E-state index in [-0.39, 0.29) is 24.0 Å². The van der Waals surface area contributed by atoms with E-state index in [9.17, 15) is 9.59 Å². The average Bonchev–Trinajstić information content (AvgIpc) is 3.35. The van der Waals surface area contributed by atoms with Crippen molar-refractivity contribution in [2.24, 2.45) is 0 Å². The molecule has 0 radical (unpaired) electrons. The maximum atomic E-state index is 13.2. The van der Waals surface area contributed by atoms with Crippen molar-refractivity contribution in [2.75, 3.05) is 31.1 Å². The van der Waals surface area contributed by atoms with Crippen LogP contribution in [-0.4, -0.2) is 41.2 Å². The number of ether oxygens (including phenoxy) is 3. The standard InChI is InChI=1S/C22H25N3O5S2/c1-4-28-9-5-8-25-21(27)19-13(2)14(3)32-20(19)24-22(25)31-11-18(26)23-15-6-7-16-17(10-15)30-12-29-16/h6-7,10H,4-5,8-9,11-12H2,1-3H3,(H,23,26). The molecule has 170 valence electrons. The van der Waals surface area contributed by atoms with Crippen molar-refractivity contribution in [1.29, 1.82) is 0 Å². The van der Waals surface area contributed by atoms with Gasteiger partial charge in [-0.15, -0.1) is 11.3 Å². The number of aryl methyl sites for hydroxylation is 2. The average molecular weight is 476 g/mol. The summed E-state index contributed by atoms with van der Waals surface area (Å²) in [7, 11) is 0. The van der Waals surface area contributed by atoms with Crippen LogP contribution in [0.3, 0.4) is 0 Å². The van der Waals surface area contributed by atoms with Crippen LogP contribution in [-0.2, 0) is 16.1 Å². The van der Waals surface area contributed by atoms with E-state index >= 15 is 0 Å². The van der Waals surface area contributed by atoms with Gasteiger partial charge < -0.3 is 19.5 Å². The highest BCUT2D eigenvalue weighted by Crippen LogP contribution is 2.34. The highest BCUT2D eigenvalue weighted by molar-refractivity contribution is 7.99. The van der Waals surface area contributed by atoms with Crippen LogP contribution in [0.4, 0.5) is 5.69 Å². The molecule has 0 unspecified atom stereocenters. The number of thiophene rings is 1. The number of aromatic nitrogens is 2. The second-order valence-corrected chi connectivity index (χ2v) is 9.42. The molecule has 1 aromatic carbocycles. The van der Waals surface area contributed by atoms with Crippen LogP contribution in [0.15, 0.2) is 28.2 Å². The van der Waals surface area contributed by atoms with Crippen molar-refractivity contribution in [3.8, 4) is 11.5 Å². The van der Waals surface area contributed by atoms with E-state index in [4.69, 9.17) is 19.2 Å². The second-order valence-electron chi connectivity index (χ2n) is 7.27. The number of thioether (sulfide) groups is 1. The number of anilines is 1. The van der Waals surface area contributed by atoms with Crippen LogP contribution >= 0.6 is 23.1 Å². The van der Waals surface area contributed by atoms with Crippen LogP contribution in [0.25, 0.3) is 10.2 Å². The Kier molecular flexibility index (Phi) is 7.02. The Hall–Kier alpha value is -2.56. The molecule has 1 aliphatic rings. The lowest BCUT2D eigenvalue weighted by atomic mass is 10.2. The highest BCUT2D eigenvalue weighted by Gasteiger charge is 2.18. The first kappa shape index (κ1) is 22.6. The van der Waals surface area contributed by atoms with E-state index in [1.807, 2.05) is 20.8 Å². The van der Waals surface area contributed by atoms with Gasteiger partial charge in [-0.05, 0) is 44.9 Å². The molecule has 3 heterocycles. The Balaban J connectivity index is 1.51. The monoisotopic (exact) mass is 475 g/mol. The predicted octanol–water partition coefficient (Wildman–Crippen LogP) is 3.96. The molecule has 0 bridgehead atoms. The van der Waals surface area contributed by atoms with Crippen LogP contribution in [0.5, 0.6) is 11.5 Å². The minimum absolute atomic E-state index is 0.0629. The molecule has 8 nitrogen and oxygen atoms in total. The summed E-state index contributed by atoms with van der Waals surface area (Å²) in [5, 5.41) is 4.07. The van der Waals surface area contributed by atoms with Gasteiger partial charge >= 0.3 is 0 Å². The number of carbonyl (C=O) groups is 1. The van der Waals surface area contributed by atoms with Gasteiger partial charge in [0, 0.05) is 36.4 Å². The van der Waals surface area contributed by atoms with Crippen molar-refractivity contribution in [3.63, 3.8) is 0 Å². The number of amides is 1. The Morgan fingerprint density at radius 1 is 1.31 bits per heavy atom. The number of rotatable bonds is 9. The summed E-state index contributed by atoms with van der Waals surface area (Å²) in [6.07, 6.45) is 0.694. The number of hydrogen-bond acceptors (Lipinski definition) is 8. The lowest BCUT2D eigenvalue weighted by Gasteiger charge is -2.12. The van der Waals surface area contributed by atoms with E-state index in [0.717, 1.165) is 10.4 Å². The zero-order chi connectivity index (χ0) is 22.7. The topological polar surface area (TPSA) is 91.7 Å². The quantitative estimate of drug-likeness (QED) is 0.284. The maximum Gasteiger partial charge on any atom is 0.263 e. The third-order valence-electron chi connectivity index (χ3n) is 5.12. The van der Waals surface area contributed by atoms with E-state index in [1.54, 1.807) is 22.8 Å². The zero-order valence-corrected chi connectivity index (χ0v) is 19.9. The number of nitrogens with one attached hydrogen (secondary N) is 1. The van der Waals surface area contributed by atoms with Crippen molar-refractivity contribution in [1.82, 2.24) is 9.55 Å². The molecule has 0 atom stereocenters. The lowest BCUT2D eigenvalue weighted by Crippen LogP contribution is -2.25. The van der Waals surface area contributed by atoms with Crippen LogP contribution in [0, 0.1) is 13.8 Å². The van der Waals surface area contributed by atoms with Gasteiger partial charge in [-0.2, -0.15) is 0 Å². The number of benzene rings is 1. The fourth-order valence-electron chi connectivity index (χ4n) is 3.39. The van der Waals surface area contributed by atoms with Crippen LogP contribution in [0.1, 0.15) is 23.8 Å². The fraction of sp³-hybridized carbons (Fsp3) is 0.409. The molecule has 32 heavy (non-hydrogen) atoms. The molecule has 3 aromatic rings. The summed E-state index contributed by atoms with van der Waals surface area (Å²) >= 11 is 2.76. The Bertz CT molecular complexity index is 1200. The summed E-state index contributed by atoms with van der Waals surface area (Å²) in [5.74, 6) is 1.20. The molecule has 1 N–H and O–H groups in total. The molecule has 10 heteroatoms. The third kappa shape index (κ3) is 4.77. The van der Waals surface area contributed by atoms with Crippen molar-refractivity contribution in [3.05, 3.63) is 39.0 Å². The van der Waals surface area contributed by atoms with Gasteiger partial charge in [-0.3, -0.25) is 14.2 Å². The van der Waals surface area contributed by atoms with E-state index in [0.29, 0.717) is 58.7 Å². The molecule has 1 amide bonds. The normalized spacial score (nSPS) is 12.5. The second kappa shape index (κ2) is 9.93. The van der Waals surface area contributed by atoms with E-state index in [1.165, 1.54) is 23.1 Å². The summed E-state index contributed by atoms with van der Waals surface area (Å²) in [4.78, 5) is 32.3. The first-order chi connectivity index (χ1) is 15.5. The maximum absolute atomic E-state index is 13.2. The van der Waals surface area contributed by atoms with Crippen LogP contribution in [0.2, 0.25) is 0 Å². The lowest BCUT2D eigenvalue weighted by molar-refractivity contribution is -0.113. The van der Waals surface area contributed by atoms with Gasteiger partial charge in [0.25, 0.3) is 5.56 Å². The number of hydrogen-bond donors (Lipinski definition) is 1. The zero-order valence-electron chi connectivity index (χ0n) is 18.2. The molecule has 0 fully saturated rings. The smallest absolute Gasteiger partial charge is 0.263 e. The summed E-state index contributed by atoms with van der Waals surface area (Å²) in [6.45, 7) is 7.76. The molecule has 1 aliphatic heterocycles. The van der Waals surface area contributed by atoms with Crippen molar-refractivity contribution >= 4 is 44.9 Å². The molecule has 0 spiro atoms. The molecular formula is C22H25N3O5S2. The van der Waals surface area contributed by atoms with Crippen molar-refractivity contribution < 1.29 is 19.0 Å². The molecule has 0 saturated carbocycles. The van der Waals surface area contributed by atoms with Gasteiger partial charge in [0.1, 0.15) is 4.83 Å². The fourth-order valence-corrected chi connectivity index (χ4v) is 5.28. The summed E-state index contributed by atoms with van der Waals surface area (Å²) in [5.41, 5.74) is 1.53. The van der Waals surface area contributed by atoms with Gasteiger partial charge in [0.2, 0.25) is 12.7 Å². The Labute approximate surface area is 193 Å². The van der Waals surface area contributed by atoms with Crippen LogP contribution < -0.4 is 20.3 Å². The van der Waals surface area contributed by atoms with Gasteiger partial charge in [0.05, 0.1) is 11.1 Å². The highest BCUT2D eigenvalue weighted by atomic mass is 32.2. The number of nitrogens with zero attached hydrogens (tertiary/aromatic N) is 2. The summed E-state index contributed by atoms with van der Waals surface area (Å²) < 4.78 is 17.7. The van der Waals surface area contributed by atoms with E-state index in [2.05, 4.69) is 5.32 Å². The minimum atomic E-state index is -0.192. The Morgan fingerprint density at radius 2 is 2.12 bits per heavy atom. The first-order valence-electron chi connectivity index (χ1n) is 10.4. The first-order valence-corrected chi connectivity index (χ1v) is 12.2. The van der Waals surface area contributed by atoms with Gasteiger partial charge in [-0.1, -0.05) is 11.8 Å².